The Bertz CT molecular complexity index is 1020. The Kier molecular flexibility index (Phi) is 6.23. The Balaban J connectivity index is 2.26. The summed E-state index contributed by atoms with van der Waals surface area (Å²) < 4.78 is 3.22. The van der Waals surface area contributed by atoms with E-state index in [-0.39, 0.29) is 16.7 Å². The van der Waals surface area contributed by atoms with Crippen molar-refractivity contribution < 1.29 is 4.92 Å². The van der Waals surface area contributed by atoms with E-state index in [0.29, 0.717) is 5.69 Å². The third-order valence-electron chi connectivity index (χ3n) is 4.49. The Morgan fingerprint density at radius 2 is 1.81 bits per heavy atom. The van der Waals surface area contributed by atoms with Gasteiger partial charge in [-0.25, -0.2) is 4.99 Å². The molecular formula is C20H20BrN3O2S. The van der Waals surface area contributed by atoms with Crippen molar-refractivity contribution in [2.45, 2.75) is 32.7 Å². The molecule has 5 nitrogen and oxygen atoms in total. The summed E-state index contributed by atoms with van der Waals surface area (Å²) in [6.45, 7) is 4.30. The Morgan fingerprint density at radius 3 is 2.48 bits per heavy atom. The van der Waals surface area contributed by atoms with Crippen LogP contribution in [-0.4, -0.2) is 9.49 Å². The molecule has 7 heteroatoms. The Morgan fingerprint density at radius 1 is 1.15 bits per heavy atom. The topological polar surface area (TPSA) is 60.4 Å². The Hall–Kier alpha value is -2.25. The van der Waals surface area contributed by atoms with Gasteiger partial charge in [0.25, 0.3) is 5.69 Å². The first kappa shape index (κ1) is 19.5. The number of aromatic nitrogens is 1. The van der Waals surface area contributed by atoms with Crippen molar-refractivity contribution in [1.82, 2.24) is 4.57 Å². The molecule has 0 bridgehead atoms. The SMILES string of the molecule is CCC(CC)n1c(-c2ccccc2Br)csc1=Nc1ccccc1[N+](=O)[O-]. The quantitative estimate of drug-likeness (QED) is 0.321. The summed E-state index contributed by atoms with van der Waals surface area (Å²) in [6.07, 6.45) is 1.91. The van der Waals surface area contributed by atoms with Gasteiger partial charge in [-0.2, -0.15) is 0 Å². The lowest BCUT2D eigenvalue weighted by Crippen LogP contribution is -2.21. The summed E-state index contributed by atoms with van der Waals surface area (Å²) in [5.74, 6) is 0. The number of para-hydroxylation sites is 2. The number of hydrogen-bond acceptors (Lipinski definition) is 4. The number of thiazole rings is 1. The van der Waals surface area contributed by atoms with Gasteiger partial charge in [0, 0.05) is 27.5 Å². The van der Waals surface area contributed by atoms with Crippen LogP contribution < -0.4 is 4.80 Å². The highest BCUT2D eigenvalue weighted by molar-refractivity contribution is 9.10. The molecular weight excluding hydrogens is 426 g/mol. The number of nitrogens with zero attached hydrogens (tertiary/aromatic N) is 3. The van der Waals surface area contributed by atoms with Crippen LogP contribution in [0.4, 0.5) is 11.4 Å². The Labute approximate surface area is 170 Å². The summed E-state index contributed by atoms with van der Waals surface area (Å²) in [5, 5.41) is 13.4. The molecule has 1 heterocycles. The molecule has 3 rings (SSSR count). The summed E-state index contributed by atoms with van der Waals surface area (Å²) in [4.78, 5) is 16.4. The van der Waals surface area contributed by atoms with Gasteiger partial charge in [-0.1, -0.05) is 60.1 Å². The predicted molar refractivity (Wildman–Crippen MR) is 113 cm³/mol. The minimum Gasteiger partial charge on any atom is -0.313 e. The van der Waals surface area contributed by atoms with E-state index < -0.39 is 0 Å². The molecule has 0 radical (unpaired) electrons. The van der Waals surface area contributed by atoms with Gasteiger partial charge in [0.1, 0.15) is 5.69 Å². The van der Waals surface area contributed by atoms with E-state index in [1.165, 1.54) is 17.4 Å². The zero-order valence-corrected chi connectivity index (χ0v) is 17.5. The van der Waals surface area contributed by atoms with Crippen LogP contribution in [0.3, 0.4) is 0 Å². The fourth-order valence-corrected chi connectivity index (χ4v) is 4.55. The van der Waals surface area contributed by atoms with Gasteiger partial charge in [-0.15, -0.1) is 11.3 Å². The lowest BCUT2D eigenvalue weighted by molar-refractivity contribution is -0.384. The molecule has 0 saturated heterocycles. The van der Waals surface area contributed by atoms with Crippen LogP contribution >= 0.6 is 27.3 Å². The summed E-state index contributed by atoms with van der Waals surface area (Å²) in [5.41, 5.74) is 2.55. The zero-order valence-electron chi connectivity index (χ0n) is 15.1. The standard InChI is InChI=1S/C20H20BrN3O2S/c1-3-14(4-2)23-19(15-9-5-6-10-16(15)21)13-27-20(23)22-17-11-7-8-12-18(17)24(25)26/h5-14H,3-4H2,1-2H3. The highest BCUT2D eigenvalue weighted by Gasteiger charge is 2.18. The van der Waals surface area contributed by atoms with Crippen molar-refractivity contribution in [3.8, 4) is 11.3 Å². The van der Waals surface area contributed by atoms with Crippen molar-refractivity contribution in [3.63, 3.8) is 0 Å². The third kappa shape index (κ3) is 4.04. The zero-order chi connectivity index (χ0) is 19.4. The highest BCUT2D eigenvalue weighted by Crippen LogP contribution is 2.32. The number of nitro groups is 1. The molecule has 0 aliphatic heterocycles. The van der Waals surface area contributed by atoms with Crippen LogP contribution in [0.1, 0.15) is 32.7 Å². The monoisotopic (exact) mass is 445 g/mol. The molecule has 2 aromatic carbocycles. The molecule has 0 saturated carbocycles. The van der Waals surface area contributed by atoms with Gasteiger partial charge in [0.15, 0.2) is 4.80 Å². The van der Waals surface area contributed by atoms with E-state index in [1.807, 2.05) is 18.2 Å². The fraction of sp³-hybridized carbons (Fsp3) is 0.250. The van der Waals surface area contributed by atoms with Crippen LogP contribution in [0.5, 0.6) is 0 Å². The summed E-state index contributed by atoms with van der Waals surface area (Å²) in [7, 11) is 0. The van der Waals surface area contributed by atoms with E-state index >= 15 is 0 Å². The predicted octanol–water partition coefficient (Wildman–Crippen LogP) is 6.48. The van der Waals surface area contributed by atoms with Crippen molar-refractivity contribution in [2.24, 2.45) is 4.99 Å². The smallest absolute Gasteiger partial charge is 0.294 e. The molecule has 1 aromatic heterocycles. The van der Waals surface area contributed by atoms with Crippen molar-refractivity contribution in [1.29, 1.82) is 0 Å². The summed E-state index contributed by atoms with van der Waals surface area (Å²) >= 11 is 5.15. The van der Waals surface area contributed by atoms with Gasteiger partial charge in [0.2, 0.25) is 0 Å². The largest absolute Gasteiger partial charge is 0.313 e. The van der Waals surface area contributed by atoms with Crippen LogP contribution in [0, 0.1) is 10.1 Å². The molecule has 0 amide bonds. The van der Waals surface area contributed by atoms with E-state index in [2.05, 4.69) is 50.8 Å². The van der Waals surface area contributed by atoms with Crippen LogP contribution in [0.25, 0.3) is 11.3 Å². The average molecular weight is 446 g/mol. The number of halogens is 1. The second-order valence-corrected chi connectivity index (χ2v) is 7.77. The van der Waals surface area contributed by atoms with Crippen LogP contribution in [0.15, 0.2) is 63.4 Å². The first-order valence-corrected chi connectivity index (χ1v) is 10.5. The van der Waals surface area contributed by atoms with Crippen LogP contribution in [0.2, 0.25) is 0 Å². The third-order valence-corrected chi connectivity index (χ3v) is 6.02. The number of hydrogen-bond donors (Lipinski definition) is 0. The molecule has 0 unspecified atom stereocenters. The molecule has 0 aliphatic rings. The lowest BCUT2D eigenvalue weighted by Gasteiger charge is -2.19. The fourth-order valence-electron chi connectivity index (χ4n) is 3.09. The maximum absolute atomic E-state index is 11.4. The lowest BCUT2D eigenvalue weighted by atomic mass is 10.1. The van der Waals surface area contributed by atoms with Crippen molar-refractivity contribution >= 4 is 38.6 Å². The highest BCUT2D eigenvalue weighted by atomic mass is 79.9. The average Bonchev–Trinajstić information content (AvgIpc) is 3.07. The van der Waals surface area contributed by atoms with Gasteiger partial charge >= 0.3 is 0 Å². The van der Waals surface area contributed by atoms with E-state index in [0.717, 1.165) is 33.4 Å². The summed E-state index contributed by atoms with van der Waals surface area (Å²) in [6, 6.07) is 15.0. The molecule has 0 atom stereocenters. The second kappa shape index (κ2) is 8.63. The van der Waals surface area contributed by atoms with Gasteiger partial charge in [0.05, 0.1) is 10.6 Å². The van der Waals surface area contributed by atoms with Gasteiger partial charge in [-0.05, 0) is 25.0 Å². The first-order valence-electron chi connectivity index (χ1n) is 8.79. The number of benzene rings is 2. The molecule has 140 valence electrons. The first-order chi connectivity index (χ1) is 13.1. The minimum absolute atomic E-state index is 0.0180. The van der Waals surface area contributed by atoms with E-state index in [4.69, 9.17) is 0 Å². The van der Waals surface area contributed by atoms with E-state index in [9.17, 15) is 10.1 Å². The van der Waals surface area contributed by atoms with E-state index in [1.54, 1.807) is 18.2 Å². The van der Waals surface area contributed by atoms with Crippen molar-refractivity contribution in [2.75, 3.05) is 0 Å². The maximum atomic E-state index is 11.4. The van der Waals surface area contributed by atoms with Gasteiger partial charge < -0.3 is 4.57 Å². The van der Waals surface area contributed by atoms with Crippen molar-refractivity contribution in [3.05, 3.63) is 73.3 Å². The molecule has 3 aromatic rings. The normalized spacial score (nSPS) is 11.9. The molecule has 0 spiro atoms. The molecule has 0 N–H and O–H groups in total. The molecule has 0 aliphatic carbocycles. The molecule has 27 heavy (non-hydrogen) atoms. The second-order valence-electron chi connectivity index (χ2n) is 6.08. The molecule has 0 fully saturated rings. The van der Waals surface area contributed by atoms with Gasteiger partial charge in [-0.3, -0.25) is 10.1 Å². The minimum atomic E-state index is -0.386. The van der Waals surface area contributed by atoms with Crippen LogP contribution in [-0.2, 0) is 0 Å². The maximum Gasteiger partial charge on any atom is 0.294 e. The number of rotatable bonds is 6. The number of nitro benzene ring substituents is 1.